The minimum atomic E-state index is -1.96. The fraction of sp³-hybridized carbons (Fsp3) is 0.200. The first-order valence-corrected chi connectivity index (χ1v) is 7.43. The van der Waals surface area contributed by atoms with Gasteiger partial charge in [0, 0.05) is 37.0 Å². The largest absolute Gasteiger partial charge is 0.368 e. The van der Waals surface area contributed by atoms with Gasteiger partial charge in [-0.25, -0.2) is 9.97 Å². The lowest BCUT2D eigenvalue weighted by molar-refractivity contribution is -0.128. The molecule has 4 heterocycles. The summed E-state index contributed by atoms with van der Waals surface area (Å²) in [7, 11) is 0. The van der Waals surface area contributed by atoms with Crippen molar-refractivity contribution in [2.24, 2.45) is 0 Å². The van der Waals surface area contributed by atoms with Gasteiger partial charge in [-0.2, -0.15) is 5.26 Å². The van der Waals surface area contributed by atoms with Crippen molar-refractivity contribution >= 4 is 28.9 Å². The molecule has 1 aliphatic heterocycles. The zero-order valence-electron chi connectivity index (χ0n) is 12.9. The summed E-state index contributed by atoms with van der Waals surface area (Å²) in [4.78, 5) is 22.0. The molecular weight excluding hydrogens is 324 g/mol. The minimum absolute atomic E-state index is 0.0680. The predicted molar refractivity (Wildman–Crippen MR) is 85.8 cm³/mol. The molecule has 1 atom stereocenters. The van der Waals surface area contributed by atoms with E-state index in [4.69, 9.17) is 5.26 Å². The van der Waals surface area contributed by atoms with Gasteiger partial charge in [-0.15, -0.1) is 10.2 Å². The number of amides is 1. The maximum absolute atomic E-state index is 12.2. The molecule has 0 radical (unpaired) electrons. The van der Waals surface area contributed by atoms with E-state index in [2.05, 4.69) is 25.5 Å². The first-order valence-electron chi connectivity index (χ1n) is 7.43. The molecule has 10 nitrogen and oxygen atoms in total. The second-order valence-corrected chi connectivity index (χ2v) is 5.57. The van der Waals surface area contributed by atoms with Crippen LogP contribution in [0.5, 0.6) is 0 Å². The Morgan fingerprint density at radius 1 is 1.28 bits per heavy atom. The number of nitriles is 1. The highest BCUT2D eigenvalue weighted by Crippen LogP contribution is 2.29. The van der Waals surface area contributed by atoms with Crippen molar-refractivity contribution in [2.75, 3.05) is 16.8 Å². The summed E-state index contributed by atoms with van der Waals surface area (Å²) in [5.74, 6) is 0.357. The molecule has 0 aromatic carbocycles. The van der Waals surface area contributed by atoms with E-state index in [0.717, 1.165) is 0 Å². The molecule has 2 N–H and O–H groups in total. The molecule has 3 aromatic rings. The number of aromatic nitrogens is 5. The van der Waals surface area contributed by atoms with Gasteiger partial charge < -0.3 is 15.3 Å². The molecule has 25 heavy (non-hydrogen) atoms. The highest BCUT2D eigenvalue weighted by molar-refractivity contribution is 6.03. The Bertz CT molecular complexity index is 1010. The summed E-state index contributed by atoms with van der Waals surface area (Å²) in [5, 5.41) is 29.7. The number of pyridine rings is 1. The normalized spacial score (nSPS) is 20.0. The van der Waals surface area contributed by atoms with E-state index in [-0.39, 0.29) is 13.0 Å². The van der Waals surface area contributed by atoms with Crippen LogP contribution in [-0.2, 0) is 4.79 Å². The van der Waals surface area contributed by atoms with Crippen LogP contribution in [-0.4, -0.2) is 47.7 Å². The summed E-state index contributed by atoms with van der Waals surface area (Å²) in [6.45, 7) is 0.260. The summed E-state index contributed by atoms with van der Waals surface area (Å²) >= 11 is 0. The lowest BCUT2D eigenvalue weighted by Gasteiger charge is -2.18. The molecule has 1 aliphatic rings. The standard InChI is InChI=1S/C15H12N8O2/c16-7-15(25)2-4-23(14(15)24)10-1-3-17-11(5-10)20-12-6-13-21-19-9-22(13)8-18-12/h1,3,5-6,8-9,25H,2,4H2,(H,17,20)/t15-/m0/s1. The molecule has 4 rings (SSSR count). The summed E-state index contributed by atoms with van der Waals surface area (Å²) in [6, 6.07) is 6.66. The first kappa shape index (κ1) is 15.0. The average Bonchev–Trinajstić information content (AvgIpc) is 3.20. The quantitative estimate of drug-likeness (QED) is 0.651. The molecule has 124 valence electrons. The number of fused-ring (bicyclic) bond motifs is 1. The molecular formula is C15H12N8O2. The third kappa shape index (κ3) is 2.52. The SMILES string of the molecule is N#C[C@@]1(O)CCN(c2ccnc(Nc3cc4nncn4cn3)c2)C1=O. The van der Waals surface area contributed by atoms with E-state index in [1.807, 2.05) is 0 Å². The van der Waals surface area contributed by atoms with Crippen molar-refractivity contribution < 1.29 is 9.90 Å². The number of hydrogen-bond donors (Lipinski definition) is 2. The zero-order chi connectivity index (χ0) is 17.4. The van der Waals surface area contributed by atoms with Gasteiger partial charge in [-0.1, -0.05) is 0 Å². The highest BCUT2D eigenvalue weighted by Gasteiger charge is 2.46. The Balaban J connectivity index is 1.59. The Morgan fingerprint density at radius 3 is 2.92 bits per heavy atom. The van der Waals surface area contributed by atoms with Crippen LogP contribution in [0.15, 0.2) is 37.1 Å². The number of nitrogens with one attached hydrogen (secondary N) is 1. The van der Waals surface area contributed by atoms with Crippen LogP contribution >= 0.6 is 0 Å². The Labute approximate surface area is 141 Å². The van der Waals surface area contributed by atoms with Gasteiger partial charge in [0.05, 0.1) is 0 Å². The maximum Gasteiger partial charge on any atom is 0.273 e. The fourth-order valence-corrected chi connectivity index (χ4v) is 2.64. The summed E-state index contributed by atoms with van der Waals surface area (Å²) in [6.07, 6.45) is 4.71. The maximum atomic E-state index is 12.2. The van der Waals surface area contributed by atoms with Crippen LogP contribution in [0.3, 0.4) is 0 Å². The monoisotopic (exact) mass is 336 g/mol. The van der Waals surface area contributed by atoms with E-state index in [1.54, 1.807) is 41.3 Å². The van der Waals surface area contributed by atoms with E-state index in [1.165, 1.54) is 11.1 Å². The van der Waals surface area contributed by atoms with Gasteiger partial charge in [0.1, 0.15) is 30.4 Å². The van der Waals surface area contributed by atoms with Crippen molar-refractivity contribution in [3.05, 3.63) is 37.1 Å². The molecule has 0 spiro atoms. The minimum Gasteiger partial charge on any atom is -0.368 e. The number of anilines is 3. The van der Waals surface area contributed by atoms with Crippen molar-refractivity contribution in [1.82, 2.24) is 24.6 Å². The van der Waals surface area contributed by atoms with Crippen molar-refractivity contribution in [3.63, 3.8) is 0 Å². The summed E-state index contributed by atoms with van der Waals surface area (Å²) < 4.78 is 1.67. The number of rotatable bonds is 3. The molecule has 0 bridgehead atoms. The number of carbonyl (C=O) groups excluding carboxylic acids is 1. The Kier molecular flexibility index (Phi) is 3.29. The van der Waals surface area contributed by atoms with E-state index < -0.39 is 11.5 Å². The van der Waals surface area contributed by atoms with Gasteiger partial charge in [-0.3, -0.25) is 9.20 Å². The lowest BCUT2D eigenvalue weighted by atomic mass is 10.1. The Hall–Kier alpha value is -3.58. The van der Waals surface area contributed by atoms with E-state index >= 15 is 0 Å². The van der Waals surface area contributed by atoms with E-state index in [9.17, 15) is 9.90 Å². The van der Waals surface area contributed by atoms with Crippen molar-refractivity contribution in [3.8, 4) is 6.07 Å². The highest BCUT2D eigenvalue weighted by atomic mass is 16.3. The molecule has 1 fully saturated rings. The van der Waals surface area contributed by atoms with Crippen molar-refractivity contribution in [1.29, 1.82) is 5.26 Å². The molecule has 0 aliphatic carbocycles. The van der Waals surface area contributed by atoms with Gasteiger partial charge in [0.15, 0.2) is 5.65 Å². The third-order valence-electron chi connectivity index (χ3n) is 3.98. The van der Waals surface area contributed by atoms with Crippen LogP contribution in [0.25, 0.3) is 5.65 Å². The number of carbonyl (C=O) groups is 1. The smallest absolute Gasteiger partial charge is 0.273 e. The van der Waals surface area contributed by atoms with Gasteiger partial charge >= 0.3 is 0 Å². The van der Waals surface area contributed by atoms with Crippen LogP contribution in [0.4, 0.5) is 17.3 Å². The topological polar surface area (TPSA) is 132 Å². The second-order valence-electron chi connectivity index (χ2n) is 5.57. The molecule has 0 saturated carbocycles. The fourth-order valence-electron chi connectivity index (χ4n) is 2.64. The lowest BCUT2D eigenvalue weighted by Crippen LogP contribution is -2.38. The number of nitrogens with zero attached hydrogens (tertiary/aromatic N) is 7. The first-order chi connectivity index (χ1) is 12.1. The van der Waals surface area contributed by atoms with Crippen LogP contribution in [0, 0.1) is 11.3 Å². The second kappa shape index (κ2) is 5.50. The molecule has 3 aromatic heterocycles. The van der Waals surface area contributed by atoms with Crippen molar-refractivity contribution in [2.45, 2.75) is 12.0 Å². The van der Waals surface area contributed by atoms with Crippen LogP contribution in [0.1, 0.15) is 6.42 Å². The average molecular weight is 336 g/mol. The van der Waals surface area contributed by atoms with Crippen LogP contribution < -0.4 is 10.2 Å². The number of aliphatic hydroxyl groups is 1. The predicted octanol–water partition coefficient (Wildman–Crippen LogP) is 0.254. The molecule has 0 unspecified atom stereocenters. The Morgan fingerprint density at radius 2 is 2.12 bits per heavy atom. The van der Waals surface area contributed by atoms with Gasteiger partial charge in [0.2, 0.25) is 5.60 Å². The molecule has 1 saturated heterocycles. The third-order valence-corrected chi connectivity index (χ3v) is 3.98. The zero-order valence-corrected chi connectivity index (χ0v) is 12.9. The number of hydrogen-bond acceptors (Lipinski definition) is 8. The van der Waals surface area contributed by atoms with Crippen LogP contribution in [0.2, 0.25) is 0 Å². The summed E-state index contributed by atoms with van der Waals surface area (Å²) in [5.41, 5.74) is -0.795. The van der Waals surface area contributed by atoms with Gasteiger partial charge in [-0.05, 0) is 6.07 Å². The molecule has 1 amide bonds. The van der Waals surface area contributed by atoms with Gasteiger partial charge in [0.25, 0.3) is 5.91 Å². The van der Waals surface area contributed by atoms with E-state index in [0.29, 0.717) is 23.0 Å². The molecule has 10 heteroatoms.